The van der Waals surface area contributed by atoms with E-state index in [0.29, 0.717) is 6.04 Å². The second kappa shape index (κ2) is 6.86. The Hall–Kier alpha value is -0.610. The van der Waals surface area contributed by atoms with E-state index in [0.717, 1.165) is 32.5 Å². The zero-order valence-corrected chi connectivity index (χ0v) is 10.7. The molecule has 0 unspecified atom stereocenters. The van der Waals surface area contributed by atoms with Crippen molar-refractivity contribution in [1.29, 1.82) is 0 Å². The van der Waals surface area contributed by atoms with Crippen LogP contribution in [-0.2, 0) is 9.53 Å². The molecule has 1 rings (SSSR count). The second-order valence-electron chi connectivity index (χ2n) is 4.52. The normalized spacial score (nSPS) is 17.8. The van der Waals surface area contributed by atoms with Crippen molar-refractivity contribution in [2.75, 3.05) is 26.2 Å². The Morgan fingerprint density at radius 1 is 1.44 bits per heavy atom. The first-order valence-electron chi connectivity index (χ1n) is 6.27. The average molecular weight is 228 g/mol. The Kier molecular flexibility index (Phi) is 5.77. The molecule has 1 amide bonds. The molecule has 1 heterocycles. The summed E-state index contributed by atoms with van der Waals surface area (Å²) in [4.78, 5) is 13.9. The van der Waals surface area contributed by atoms with Crippen LogP contribution in [0.25, 0.3) is 0 Å². The number of hydrogen-bond donors (Lipinski definition) is 1. The molecule has 0 radical (unpaired) electrons. The molecular formula is C12H24N2O2. The third-order valence-electron chi connectivity index (χ3n) is 2.95. The monoisotopic (exact) mass is 228 g/mol. The summed E-state index contributed by atoms with van der Waals surface area (Å²) < 4.78 is 5.37. The maximum atomic E-state index is 12.0. The summed E-state index contributed by atoms with van der Waals surface area (Å²) in [6.45, 7) is 8.97. The number of piperidine rings is 1. The highest BCUT2D eigenvalue weighted by Gasteiger charge is 2.23. The van der Waals surface area contributed by atoms with E-state index in [1.54, 1.807) is 0 Å². The summed E-state index contributed by atoms with van der Waals surface area (Å²) in [6, 6.07) is 0.398. The van der Waals surface area contributed by atoms with Crippen LogP contribution in [0.3, 0.4) is 0 Å². The molecule has 4 heteroatoms. The number of carbonyl (C=O) groups is 1. The van der Waals surface area contributed by atoms with E-state index < -0.39 is 0 Å². The van der Waals surface area contributed by atoms with E-state index in [-0.39, 0.29) is 18.6 Å². The van der Waals surface area contributed by atoms with Crippen molar-refractivity contribution in [3.05, 3.63) is 0 Å². The van der Waals surface area contributed by atoms with Gasteiger partial charge in [-0.25, -0.2) is 0 Å². The Morgan fingerprint density at radius 3 is 2.56 bits per heavy atom. The number of nitrogens with one attached hydrogen (secondary N) is 1. The fourth-order valence-corrected chi connectivity index (χ4v) is 2.08. The Bertz CT molecular complexity index is 213. The Balaban J connectivity index is 2.41. The third-order valence-corrected chi connectivity index (χ3v) is 2.95. The van der Waals surface area contributed by atoms with Gasteiger partial charge in [-0.2, -0.15) is 0 Å². The van der Waals surface area contributed by atoms with Gasteiger partial charge in [0.2, 0.25) is 5.91 Å². The van der Waals surface area contributed by atoms with Crippen molar-refractivity contribution in [1.82, 2.24) is 10.2 Å². The predicted molar refractivity (Wildman–Crippen MR) is 64.4 cm³/mol. The standard InChI is InChI=1S/C12H24N2O2/c1-4-14(11-5-7-13-8-6-11)12(15)9-16-10(2)3/h10-11,13H,4-9H2,1-3H3. The minimum Gasteiger partial charge on any atom is -0.369 e. The molecule has 16 heavy (non-hydrogen) atoms. The van der Waals surface area contributed by atoms with Crippen molar-refractivity contribution in [3.63, 3.8) is 0 Å². The Morgan fingerprint density at radius 2 is 2.06 bits per heavy atom. The van der Waals surface area contributed by atoms with Crippen LogP contribution in [0.2, 0.25) is 0 Å². The maximum absolute atomic E-state index is 12.0. The first kappa shape index (κ1) is 13.5. The lowest BCUT2D eigenvalue weighted by Gasteiger charge is -2.34. The molecule has 1 fully saturated rings. The quantitative estimate of drug-likeness (QED) is 0.763. The summed E-state index contributed by atoms with van der Waals surface area (Å²) in [5.41, 5.74) is 0. The molecule has 94 valence electrons. The molecule has 0 aromatic heterocycles. The van der Waals surface area contributed by atoms with E-state index in [2.05, 4.69) is 5.32 Å². The summed E-state index contributed by atoms with van der Waals surface area (Å²) >= 11 is 0. The van der Waals surface area contributed by atoms with Gasteiger partial charge in [-0.3, -0.25) is 4.79 Å². The number of hydrogen-bond acceptors (Lipinski definition) is 3. The van der Waals surface area contributed by atoms with Crippen LogP contribution in [0.4, 0.5) is 0 Å². The molecule has 4 nitrogen and oxygen atoms in total. The van der Waals surface area contributed by atoms with Crippen LogP contribution in [-0.4, -0.2) is 49.2 Å². The molecule has 1 aliphatic heterocycles. The van der Waals surface area contributed by atoms with Crippen molar-refractivity contribution in [3.8, 4) is 0 Å². The molecule has 1 saturated heterocycles. The summed E-state index contributed by atoms with van der Waals surface area (Å²) in [6.07, 6.45) is 2.23. The zero-order valence-electron chi connectivity index (χ0n) is 10.7. The first-order valence-corrected chi connectivity index (χ1v) is 6.27. The Labute approximate surface area is 98.3 Å². The van der Waals surface area contributed by atoms with E-state index in [1.165, 1.54) is 0 Å². The van der Waals surface area contributed by atoms with Gasteiger partial charge in [0.15, 0.2) is 0 Å². The van der Waals surface area contributed by atoms with Crippen LogP contribution in [0, 0.1) is 0 Å². The van der Waals surface area contributed by atoms with Gasteiger partial charge in [-0.1, -0.05) is 0 Å². The fourth-order valence-electron chi connectivity index (χ4n) is 2.08. The van der Waals surface area contributed by atoms with Gasteiger partial charge in [-0.05, 0) is 46.7 Å². The number of likely N-dealkylation sites (N-methyl/N-ethyl adjacent to an activating group) is 1. The minimum atomic E-state index is 0.121. The third kappa shape index (κ3) is 4.10. The molecule has 0 spiro atoms. The predicted octanol–water partition coefficient (Wildman–Crippen LogP) is 1.01. The summed E-state index contributed by atoms with van der Waals surface area (Å²) in [5.74, 6) is 0.128. The zero-order chi connectivity index (χ0) is 12.0. The topological polar surface area (TPSA) is 41.6 Å². The van der Waals surface area contributed by atoms with Crippen LogP contribution in [0.1, 0.15) is 33.6 Å². The SMILES string of the molecule is CCN(C(=O)COC(C)C)C1CCNCC1. The lowest BCUT2D eigenvalue weighted by molar-refractivity contribution is -0.140. The maximum Gasteiger partial charge on any atom is 0.248 e. The highest BCUT2D eigenvalue weighted by atomic mass is 16.5. The van der Waals surface area contributed by atoms with Gasteiger partial charge in [0, 0.05) is 12.6 Å². The number of rotatable bonds is 5. The van der Waals surface area contributed by atoms with E-state index in [4.69, 9.17) is 4.74 Å². The molecule has 0 aromatic rings. The van der Waals surface area contributed by atoms with E-state index >= 15 is 0 Å². The summed E-state index contributed by atoms with van der Waals surface area (Å²) in [7, 11) is 0. The number of amides is 1. The fraction of sp³-hybridized carbons (Fsp3) is 0.917. The molecular weight excluding hydrogens is 204 g/mol. The summed E-state index contributed by atoms with van der Waals surface area (Å²) in [5, 5.41) is 3.31. The van der Waals surface area contributed by atoms with Gasteiger partial charge in [0.1, 0.15) is 6.61 Å². The van der Waals surface area contributed by atoms with Crippen LogP contribution < -0.4 is 5.32 Å². The lowest BCUT2D eigenvalue weighted by atomic mass is 10.0. The molecule has 0 aromatic carbocycles. The van der Waals surface area contributed by atoms with Gasteiger partial charge in [-0.15, -0.1) is 0 Å². The molecule has 1 aliphatic rings. The van der Waals surface area contributed by atoms with Gasteiger partial charge in [0.25, 0.3) is 0 Å². The van der Waals surface area contributed by atoms with Crippen molar-refractivity contribution >= 4 is 5.91 Å². The average Bonchev–Trinajstić information content (AvgIpc) is 2.29. The molecule has 0 aliphatic carbocycles. The van der Waals surface area contributed by atoms with Crippen LogP contribution in [0.15, 0.2) is 0 Å². The largest absolute Gasteiger partial charge is 0.369 e. The van der Waals surface area contributed by atoms with Crippen molar-refractivity contribution < 1.29 is 9.53 Å². The van der Waals surface area contributed by atoms with Gasteiger partial charge < -0.3 is 15.0 Å². The number of ether oxygens (including phenoxy) is 1. The minimum absolute atomic E-state index is 0.121. The van der Waals surface area contributed by atoms with Gasteiger partial charge in [0.05, 0.1) is 6.10 Å². The highest BCUT2D eigenvalue weighted by molar-refractivity contribution is 5.77. The highest BCUT2D eigenvalue weighted by Crippen LogP contribution is 2.12. The second-order valence-corrected chi connectivity index (χ2v) is 4.52. The molecule has 0 atom stereocenters. The van der Waals surface area contributed by atoms with Crippen molar-refractivity contribution in [2.45, 2.75) is 45.8 Å². The van der Waals surface area contributed by atoms with E-state index in [1.807, 2.05) is 25.7 Å². The lowest BCUT2D eigenvalue weighted by Crippen LogP contribution is -2.47. The van der Waals surface area contributed by atoms with Crippen molar-refractivity contribution in [2.24, 2.45) is 0 Å². The smallest absolute Gasteiger partial charge is 0.248 e. The molecule has 1 N–H and O–H groups in total. The van der Waals surface area contributed by atoms with Crippen LogP contribution >= 0.6 is 0 Å². The molecule has 0 saturated carbocycles. The van der Waals surface area contributed by atoms with Gasteiger partial charge >= 0.3 is 0 Å². The number of carbonyl (C=O) groups excluding carboxylic acids is 1. The van der Waals surface area contributed by atoms with E-state index in [9.17, 15) is 4.79 Å². The molecule has 0 bridgehead atoms. The first-order chi connectivity index (χ1) is 7.65. The van der Waals surface area contributed by atoms with Crippen LogP contribution in [0.5, 0.6) is 0 Å². The number of nitrogens with zero attached hydrogens (tertiary/aromatic N) is 1.